The third-order valence-electron chi connectivity index (χ3n) is 8.29. The van der Waals surface area contributed by atoms with Gasteiger partial charge < -0.3 is 26.2 Å². The number of hydrogen-bond acceptors (Lipinski definition) is 9. The molecule has 0 spiro atoms. The monoisotopic (exact) mass is 674 g/mol. The lowest BCUT2D eigenvalue weighted by molar-refractivity contribution is -0.132. The van der Waals surface area contributed by atoms with E-state index in [1.165, 1.54) is 11.0 Å². The summed E-state index contributed by atoms with van der Waals surface area (Å²) in [5.74, 6) is -1.37. The van der Waals surface area contributed by atoms with Gasteiger partial charge in [-0.15, -0.1) is 0 Å². The number of benzene rings is 1. The minimum Gasteiger partial charge on any atom is -0.353 e. The number of nitrogens with one attached hydrogen (secondary N) is 4. The lowest BCUT2D eigenvalue weighted by Crippen LogP contribution is -2.54. The van der Waals surface area contributed by atoms with E-state index in [2.05, 4.69) is 41.3 Å². The van der Waals surface area contributed by atoms with Crippen LogP contribution in [0.4, 0.5) is 0 Å². The van der Waals surface area contributed by atoms with Crippen molar-refractivity contribution in [3.8, 4) is 0 Å². The molecule has 0 aliphatic carbocycles. The summed E-state index contributed by atoms with van der Waals surface area (Å²) in [6.07, 6.45) is 1.93. The smallest absolute Gasteiger partial charge is 0.257 e. The van der Waals surface area contributed by atoms with E-state index in [0.717, 1.165) is 5.56 Å². The first kappa shape index (κ1) is 36.6. The fraction of sp³-hybridized carbons (Fsp3) is 0.500. The van der Waals surface area contributed by atoms with Gasteiger partial charge >= 0.3 is 0 Å². The summed E-state index contributed by atoms with van der Waals surface area (Å²) in [7, 11) is 0. The van der Waals surface area contributed by atoms with Gasteiger partial charge in [-0.1, -0.05) is 44.2 Å². The van der Waals surface area contributed by atoms with Gasteiger partial charge in [0, 0.05) is 32.5 Å². The van der Waals surface area contributed by atoms with Crippen LogP contribution in [0.2, 0.25) is 0 Å². The Labute approximate surface area is 286 Å². The van der Waals surface area contributed by atoms with Crippen molar-refractivity contribution in [2.45, 2.75) is 85.5 Å². The maximum Gasteiger partial charge on any atom is 0.257 e. The van der Waals surface area contributed by atoms with E-state index in [9.17, 15) is 24.0 Å². The molecule has 4 rings (SSSR count). The highest BCUT2D eigenvalue weighted by Crippen LogP contribution is 2.21. The van der Waals surface area contributed by atoms with E-state index >= 15 is 0 Å². The third kappa shape index (κ3) is 9.90. The second-order valence-corrected chi connectivity index (χ2v) is 12.6. The predicted octanol–water partition coefficient (Wildman–Crippen LogP) is 1.09. The van der Waals surface area contributed by atoms with Gasteiger partial charge in [-0.05, 0) is 45.6 Å². The van der Waals surface area contributed by atoms with E-state index in [4.69, 9.17) is 0 Å². The van der Waals surface area contributed by atoms with Crippen LogP contribution in [0.3, 0.4) is 0 Å². The molecule has 3 aromatic rings. The summed E-state index contributed by atoms with van der Waals surface area (Å²) >= 11 is 0. The molecule has 1 aliphatic rings. The van der Waals surface area contributed by atoms with Crippen LogP contribution in [0.1, 0.15) is 78.6 Å². The van der Waals surface area contributed by atoms with Crippen LogP contribution in [0.15, 0.2) is 36.7 Å². The molecule has 2 aromatic heterocycles. The fourth-order valence-electron chi connectivity index (χ4n) is 5.66. The topological polar surface area (TPSA) is 193 Å². The van der Waals surface area contributed by atoms with Crippen LogP contribution in [-0.4, -0.2) is 90.9 Å². The van der Waals surface area contributed by atoms with Gasteiger partial charge in [-0.2, -0.15) is 5.10 Å². The van der Waals surface area contributed by atoms with Gasteiger partial charge in [-0.25, -0.2) is 19.6 Å². The van der Waals surface area contributed by atoms with Crippen LogP contribution >= 0.6 is 0 Å². The van der Waals surface area contributed by atoms with E-state index in [-0.39, 0.29) is 62.7 Å². The molecule has 15 nitrogen and oxygen atoms in total. The highest BCUT2D eigenvalue weighted by Gasteiger charge is 2.31. The van der Waals surface area contributed by atoms with E-state index < -0.39 is 29.9 Å². The van der Waals surface area contributed by atoms with Crippen molar-refractivity contribution >= 4 is 29.5 Å². The average molecular weight is 675 g/mol. The molecule has 262 valence electrons. The predicted molar refractivity (Wildman–Crippen MR) is 180 cm³/mol. The number of carbonyl (C=O) groups excluding carboxylic acids is 5. The average Bonchev–Trinajstić information content (AvgIpc) is 3.40. The summed E-state index contributed by atoms with van der Waals surface area (Å²) in [5.41, 5.74) is 2.25. The van der Waals surface area contributed by atoms with Crippen molar-refractivity contribution in [3.63, 3.8) is 0 Å². The Balaban J connectivity index is 1.64. The SMILES string of the molecule is Cc1nc2n(n1)CC(=O)NCCN(C(=O)c1c(C)ncnc1C)CCCC(=O)N[C@@H](C)C(=O)N[C@H](Cc1ccccc1)C(=O)N[C@H]2C(C)C. The number of rotatable bonds is 4. The largest absolute Gasteiger partial charge is 0.353 e. The van der Waals surface area contributed by atoms with Gasteiger partial charge in [0.15, 0.2) is 5.82 Å². The normalized spacial score (nSPS) is 20.5. The number of carbonyl (C=O) groups is 5. The number of amides is 5. The first-order valence-electron chi connectivity index (χ1n) is 16.5. The van der Waals surface area contributed by atoms with Crippen molar-refractivity contribution in [2.75, 3.05) is 19.6 Å². The molecule has 49 heavy (non-hydrogen) atoms. The fourth-order valence-corrected chi connectivity index (χ4v) is 5.66. The van der Waals surface area contributed by atoms with E-state index in [1.54, 1.807) is 32.6 Å². The molecule has 1 aliphatic heterocycles. The van der Waals surface area contributed by atoms with Gasteiger partial charge in [0.2, 0.25) is 23.6 Å². The number of aromatic nitrogens is 5. The first-order chi connectivity index (χ1) is 23.3. The zero-order valence-corrected chi connectivity index (χ0v) is 28.9. The molecule has 0 unspecified atom stereocenters. The number of nitrogens with zero attached hydrogens (tertiary/aromatic N) is 6. The van der Waals surface area contributed by atoms with Gasteiger partial charge in [0.05, 0.1) is 23.0 Å². The van der Waals surface area contributed by atoms with Crippen molar-refractivity contribution in [3.05, 3.63) is 70.8 Å². The van der Waals surface area contributed by atoms with Gasteiger partial charge in [-0.3, -0.25) is 24.0 Å². The minimum absolute atomic E-state index is 0.0371. The van der Waals surface area contributed by atoms with Crippen molar-refractivity contribution < 1.29 is 24.0 Å². The molecule has 3 atom stereocenters. The molecule has 1 aromatic carbocycles. The molecule has 0 saturated carbocycles. The van der Waals surface area contributed by atoms with Crippen LogP contribution < -0.4 is 21.3 Å². The quantitative estimate of drug-likeness (QED) is 0.314. The zero-order chi connectivity index (χ0) is 35.7. The molecule has 5 amide bonds. The lowest BCUT2D eigenvalue weighted by atomic mass is 10.0. The molecule has 0 fully saturated rings. The van der Waals surface area contributed by atoms with E-state index in [1.807, 2.05) is 44.2 Å². The van der Waals surface area contributed by atoms with Crippen LogP contribution in [0.5, 0.6) is 0 Å². The highest BCUT2D eigenvalue weighted by atomic mass is 16.2. The number of fused-ring (bicyclic) bond motifs is 1. The summed E-state index contributed by atoms with van der Waals surface area (Å²) in [6.45, 7) is 10.9. The second kappa shape index (κ2) is 16.8. The van der Waals surface area contributed by atoms with Gasteiger partial charge in [0.1, 0.15) is 30.8 Å². The van der Waals surface area contributed by atoms with Crippen molar-refractivity contribution in [1.29, 1.82) is 0 Å². The third-order valence-corrected chi connectivity index (χ3v) is 8.29. The van der Waals surface area contributed by atoms with Crippen molar-refractivity contribution in [2.24, 2.45) is 5.92 Å². The van der Waals surface area contributed by atoms with E-state index in [0.29, 0.717) is 35.0 Å². The standard InChI is InChI=1S/C34H46N10O5/c1-20(2)30-31-39-24(6)42-44(31)18-28(46)35-14-16-43(34(49)29-21(3)36-19-37-22(29)4)15-10-13-27(45)38-23(5)32(47)40-26(33(48)41-30)17-25-11-8-7-9-12-25/h7-9,11-12,19-20,23,26,30H,10,13-18H2,1-6H3,(H,35,46)(H,38,45)(H,40,47)(H,41,48)/t23-,26+,30-/m0/s1. The summed E-state index contributed by atoms with van der Waals surface area (Å²) in [4.78, 5) is 81.5. The first-order valence-corrected chi connectivity index (χ1v) is 16.5. The molecule has 0 saturated heterocycles. The molecule has 0 radical (unpaired) electrons. The van der Waals surface area contributed by atoms with Gasteiger partial charge in [0.25, 0.3) is 5.91 Å². The molecular formula is C34H46N10O5. The molecule has 0 bridgehead atoms. The van der Waals surface area contributed by atoms with Crippen LogP contribution in [0, 0.1) is 26.7 Å². The van der Waals surface area contributed by atoms with Crippen molar-refractivity contribution in [1.82, 2.24) is 50.9 Å². The summed E-state index contributed by atoms with van der Waals surface area (Å²) in [5, 5.41) is 15.9. The zero-order valence-electron chi connectivity index (χ0n) is 28.9. The second-order valence-electron chi connectivity index (χ2n) is 12.6. The Hall–Kier alpha value is -5.21. The molecule has 4 N–H and O–H groups in total. The Bertz CT molecular complexity index is 1640. The lowest BCUT2D eigenvalue weighted by Gasteiger charge is -2.27. The minimum atomic E-state index is -0.977. The maximum atomic E-state index is 13.8. The Kier molecular flexibility index (Phi) is 12.5. The highest BCUT2D eigenvalue weighted by molar-refractivity contribution is 5.96. The van der Waals surface area contributed by atoms with Crippen LogP contribution in [0.25, 0.3) is 0 Å². The number of hydrogen-bond donors (Lipinski definition) is 4. The molecule has 15 heteroatoms. The Morgan fingerprint density at radius 1 is 0.918 bits per heavy atom. The summed E-state index contributed by atoms with van der Waals surface area (Å²) in [6, 6.07) is 6.73. The Morgan fingerprint density at radius 3 is 2.29 bits per heavy atom. The summed E-state index contributed by atoms with van der Waals surface area (Å²) < 4.78 is 1.47. The number of aryl methyl sites for hydroxylation is 3. The maximum absolute atomic E-state index is 13.8. The molecule has 3 heterocycles. The molecular weight excluding hydrogens is 628 g/mol. The van der Waals surface area contributed by atoms with Crippen LogP contribution in [-0.2, 0) is 32.1 Å². The Morgan fingerprint density at radius 2 is 1.61 bits per heavy atom.